The van der Waals surface area contributed by atoms with E-state index in [-0.39, 0.29) is 18.6 Å². The minimum Gasteiger partial charge on any atom is -0.334 e. The molecule has 2 N–H and O–H groups in total. The van der Waals surface area contributed by atoms with Crippen LogP contribution >= 0.6 is 0 Å². The fourth-order valence-electron chi connectivity index (χ4n) is 1.15. The molecule has 0 aromatic heterocycles. The lowest BCUT2D eigenvalue weighted by atomic mass is 10.3. The zero-order valence-corrected chi connectivity index (χ0v) is 8.02. The van der Waals surface area contributed by atoms with Gasteiger partial charge in [-0.3, -0.25) is 4.21 Å². The fraction of sp³-hybridized carbons (Fsp3) is 0.625. The highest BCUT2D eigenvalue weighted by molar-refractivity contribution is 7.85. The lowest BCUT2D eigenvalue weighted by Gasteiger charge is -2.10. The molecule has 5 heteroatoms. The van der Waals surface area contributed by atoms with E-state index < -0.39 is 10.8 Å². The Bertz CT molecular complexity index is 259. The molecule has 1 rings (SSSR count). The molecule has 2 amide bonds. The zero-order valence-electron chi connectivity index (χ0n) is 7.21. The monoisotopic (exact) mass is 200 g/mol. The summed E-state index contributed by atoms with van der Waals surface area (Å²) in [5.74, 6) is 3.54. The average Bonchev–Trinajstić information content (AvgIpc) is 2.48. The Morgan fingerprint density at radius 3 is 3.00 bits per heavy atom. The summed E-state index contributed by atoms with van der Waals surface area (Å²) in [6.07, 6.45) is 5.75. The SMILES string of the molecule is C#CCNC(=O)NC1CCS(=O)C1. The Hall–Kier alpha value is -1.02. The van der Waals surface area contributed by atoms with Gasteiger partial charge < -0.3 is 10.6 Å². The van der Waals surface area contributed by atoms with Crippen LogP contribution < -0.4 is 10.6 Å². The van der Waals surface area contributed by atoms with E-state index in [1.807, 2.05) is 0 Å². The average molecular weight is 200 g/mol. The van der Waals surface area contributed by atoms with Crippen molar-refractivity contribution < 1.29 is 9.00 Å². The third kappa shape index (κ3) is 3.47. The van der Waals surface area contributed by atoms with Gasteiger partial charge in [0.25, 0.3) is 0 Å². The molecule has 72 valence electrons. The zero-order chi connectivity index (χ0) is 9.68. The van der Waals surface area contributed by atoms with Crippen LogP contribution in [0, 0.1) is 12.3 Å². The Kier molecular flexibility index (Phi) is 3.77. The first-order valence-corrected chi connectivity index (χ1v) is 5.54. The number of rotatable bonds is 2. The summed E-state index contributed by atoms with van der Waals surface area (Å²) in [7, 11) is -0.758. The van der Waals surface area contributed by atoms with Gasteiger partial charge in [0.1, 0.15) is 0 Å². The summed E-state index contributed by atoms with van der Waals surface area (Å²) >= 11 is 0. The molecule has 0 saturated carbocycles. The van der Waals surface area contributed by atoms with Gasteiger partial charge in [0.15, 0.2) is 0 Å². The smallest absolute Gasteiger partial charge is 0.315 e. The largest absolute Gasteiger partial charge is 0.334 e. The first kappa shape index (κ1) is 10.1. The van der Waals surface area contributed by atoms with Crippen molar-refractivity contribution in [3.63, 3.8) is 0 Å². The van der Waals surface area contributed by atoms with Gasteiger partial charge in [0.2, 0.25) is 0 Å². The van der Waals surface area contributed by atoms with E-state index in [4.69, 9.17) is 6.42 Å². The van der Waals surface area contributed by atoms with Crippen LogP contribution in [-0.4, -0.2) is 34.3 Å². The molecule has 0 bridgehead atoms. The normalized spacial score (nSPS) is 26.4. The lowest BCUT2D eigenvalue weighted by molar-refractivity contribution is 0.239. The number of hydrogen-bond donors (Lipinski definition) is 2. The highest BCUT2D eigenvalue weighted by atomic mass is 32.2. The highest BCUT2D eigenvalue weighted by Crippen LogP contribution is 2.06. The molecule has 4 nitrogen and oxygen atoms in total. The van der Waals surface area contributed by atoms with Crippen LogP contribution in [-0.2, 0) is 10.8 Å². The van der Waals surface area contributed by atoms with Crippen LogP contribution in [0.5, 0.6) is 0 Å². The van der Waals surface area contributed by atoms with Crippen molar-refractivity contribution in [2.45, 2.75) is 12.5 Å². The second kappa shape index (κ2) is 4.87. The van der Waals surface area contributed by atoms with Gasteiger partial charge in [-0.1, -0.05) is 5.92 Å². The molecule has 13 heavy (non-hydrogen) atoms. The molecule has 2 unspecified atom stereocenters. The van der Waals surface area contributed by atoms with Crippen LogP contribution in [0.25, 0.3) is 0 Å². The molecule has 0 aromatic rings. The maximum Gasteiger partial charge on any atom is 0.315 e. The summed E-state index contributed by atoms with van der Waals surface area (Å²) in [6, 6.07) is -0.236. The minimum atomic E-state index is -0.758. The Balaban J connectivity index is 2.21. The Morgan fingerprint density at radius 2 is 2.46 bits per heavy atom. The quantitative estimate of drug-likeness (QED) is 0.587. The first-order chi connectivity index (χ1) is 6.22. The van der Waals surface area contributed by atoms with Gasteiger partial charge in [0, 0.05) is 28.3 Å². The van der Waals surface area contributed by atoms with E-state index in [1.54, 1.807) is 0 Å². The molecule has 1 saturated heterocycles. The number of nitrogens with one attached hydrogen (secondary N) is 2. The number of terminal acetylenes is 1. The number of amides is 2. The van der Waals surface area contributed by atoms with Gasteiger partial charge >= 0.3 is 6.03 Å². The van der Waals surface area contributed by atoms with Crippen molar-refractivity contribution in [1.82, 2.24) is 10.6 Å². The summed E-state index contributed by atoms with van der Waals surface area (Å²) in [4.78, 5) is 11.0. The second-order valence-electron chi connectivity index (χ2n) is 2.83. The predicted molar refractivity (Wildman–Crippen MR) is 51.6 cm³/mol. The lowest BCUT2D eigenvalue weighted by Crippen LogP contribution is -2.42. The highest BCUT2D eigenvalue weighted by Gasteiger charge is 2.21. The molecular weight excluding hydrogens is 188 g/mol. The van der Waals surface area contributed by atoms with Crippen molar-refractivity contribution in [3.05, 3.63) is 0 Å². The molecule has 1 aliphatic rings. The van der Waals surface area contributed by atoms with Crippen LogP contribution in [0.15, 0.2) is 0 Å². The minimum absolute atomic E-state index is 0.0404. The summed E-state index contributed by atoms with van der Waals surface area (Å²) in [5, 5.41) is 5.19. The molecular formula is C8H12N2O2S. The van der Waals surface area contributed by atoms with Gasteiger partial charge in [-0.05, 0) is 6.42 Å². The predicted octanol–water partition coefficient (Wildman–Crippen LogP) is -0.560. The van der Waals surface area contributed by atoms with E-state index in [0.29, 0.717) is 11.5 Å². The van der Waals surface area contributed by atoms with Crippen LogP contribution in [0.1, 0.15) is 6.42 Å². The number of urea groups is 1. The molecule has 1 fully saturated rings. The molecule has 1 aliphatic heterocycles. The van der Waals surface area contributed by atoms with E-state index in [1.165, 1.54) is 0 Å². The fourth-order valence-corrected chi connectivity index (χ4v) is 2.56. The Labute approximate surface area is 79.9 Å². The van der Waals surface area contributed by atoms with Crippen LogP contribution in [0.3, 0.4) is 0 Å². The summed E-state index contributed by atoms with van der Waals surface area (Å²) < 4.78 is 11.0. The van der Waals surface area contributed by atoms with Gasteiger partial charge in [0.05, 0.1) is 6.54 Å². The van der Waals surface area contributed by atoms with Crippen molar-refractivity contribution in [2.24, 2.45) is 0 Å². The van der Waals surface area contributed by atoms with Gasteiger partial charge in [-0.15, -0.1) is 6.42 Å². The van der Waals surface area contributed by atoms with Gasteiger partial charge in [-0.2, -0.15) is 0 Å². The third-order valence-corrected chi connectivity index (χ3v) is 3.23. The molecule has 1 heterocycles. The molecule has 0 aromatic carbocycles. The maximum atomic E-state index is 11.0. The van der Waals surface area contributed by atoms with E-state index in [9.17, 15) is 9.00 Å². The van der Waals surface area contributed by atoms with Crippen molar-refractivity contribution >= 4 is 16.8 Å². The molecule has 0 spiro atoms. The summed E-state index contributed by atoms with van der Waals surface area (Å²) in [6.45, 7) is 0.224. The van der Waals surface area contributed by atoms with E-state index in [2.05, 4.69) is 16.6 Å². The molecule has 0 aliphatic carbocycles. The van der Waals surface area contributed by atoms with Gasteiger partial charge in [-0.25, -0.2) is 4.79 Å². The standard InChI is InChI=1S/C8H12N2O2S/c1-2-4-9-8(11)10-7-3-5-13(12)6-7/h1,7H,3-6H2,(H2,9,10,11). The van der Waals surface area contributed by atoms with Crippen LogP contribution in [0.2, 0.25) is 0 Å². The van der Waals surface area contributed by atoms with E-state index >= 15 is 0 Å². The first-order valence-electron chi connectivity index (χ1n) is 4.05. The Morgan fingerprint density at radius 1 is 1.69 bits per heavy atom. The third-order valence-electron chi connectivity index (χ3n) is 1.77. The molecule has 2 atom stereocenters. The van der Waals surface area contributed by atoms with Crippen LogP contribution in [0.4, 0.5) is 4.79 Å². The maximum absolute atomic E-state index is 11.0. The number of carbonyl (C=O) groups is 1. The van der Waals surface area contributed by atoms with Crippen molar-refractivity contribution in [2.75, 3.05) is 18.1 Å². The molecule has 0 radical (unpaired) electrons. The number of hydrogen-bond acceptors (Lipinski definition) is 2. The number of carbonyl (C=O) groups excluding carboxylic acids is 1. The summed E-state index contributed by atoms with van der Waals surface area (Å²) in [5.41, 5.74) is 0. The second-order valence-corrected chi connectivity index (χ2v) is 4.45. The topological polar surface area (TPSA) is 58.2 Å². The van der Waals surface area contributed by atoms with Crippen molar-refractivity contribution in [3.8, 4) is 12.3 Å². The van der Waals surface area contributed by atoms with E-state index in [0.717, 1.165) is 6.42 Å². The van der Waals surface area contributed by atoms with Crippen molar-refractivity contribution in [1.29, 1.82) is 0 Å².